The van der Waals surface area contributed by atoms with Crippen LogP contribution in [-0.4, -0.2) is 27.3 Å². The predicted octanol–water partition coefficient (Wildman–Crippen LogP) is 2.70. The van der Waals surface area contributed by atoms with Gasteiger partial charge in [-0.3, -0.25) is 14.3 Å². The smallest absolute Gasteiger partial charge is 0.261 e. The number of carbonyl (C=O) groups is 2. The van der Waals surface area contributed by atoms with Crippen molar-refractivity contribution in [3.63, 3.8) is 0 Å². The van der Waals surface area contributed by atoms with E-state index < -0.39 is 22.0 Å². The molecule has 0 aliphatic carbocycles. The maximum atomic E-state index is 12.8. The van der Waals surface area contributed by atoms with Gasteiger partial charge in [0.05, 0.1) is 4.90 Å². The highest BCUT2D eigenvalue weighted by molar-refractivity contribution is 7.92. The molecule has 0 heterocycles. The van der Waals surface area contributed by atoms with Gasteiger partial charge in [0.15, 0.2) is 0 Å². The summed E-state index contributed by atoms with van der Waals surface area (Å²) in [6.07, 6.45) is 0. The van der Waals surface area contributed by atoms with Crippen molar-refractivity contribution in [2.75, 3.05) is 11.8 Å². The van der Waals surface area contributed by atoms with E-state index in [1.807, 2.05) is 6.07 Å². The molecule has 1 atom stereocenters. The van der Waals surface area contributed by atoms with Gasteiger partial charge in [-0.05, 0) is 35.9 Å². The molecule has 0 aromatic heterocycles. The van der Waals surface area contributed by atoms with Crippen LogP contribution in [0.4, 0.5) is 5.69 Å². The molecule has 0 spiro atoms. The lowest BCUT2D eigenvalue weighted by atomic mass is 10.1. The third-order valence-electron chi connectivity index (χ3n) is 4.35. The van der Waals surface area contributed by atoms with Gasteiger partial charge in [-0.15, -0.1) is 0 Å². The summed E-state index contributed by atoms with van der Waals surface area (Å²) in [6, 6.07) is 22.0. The van der Waals surface area contributed by atoms with Crippen molar-refractivity contribution in [1.29, 1.82) is 0 Å². The van der Waals surface area contributed by atoms with E-state index in [1.165, 1.54) is 25.2 Å². The Morgan fingerprint density at radius 1 is 0.833 bits per heavy atom. The Hall–Kier alpha value is -3.65. The Kier molecular flexibility index (Phi) is 6.48. The molecule has 0 fully saturated rings. The first-order valence-corrected chi connectivity index (χ1v) is 10.6. The van der Waals surface area contributed by atoms with Gasteiger partial charge in [0.1, 0.15) is 6.04 Å². The third-order valence-corrected chi connectivity index (χ3v) is 5.74. The molecule has 0 radical (unpaired) electrons. The largest absolute Gasteiger partial charge is 0.357 e. The number of benzene rings is 3. The fraction of sp³-hybridized carbons (Fsp3) is 0.0909. The number of hydrogen-bond donors (Lipinski definition) is 3. The first-order valence-electron chi connectivity index (χ1n) is 9.16. The Balaban J connectivity index is 1.81. The Morgan fingerprint density at radius 3 is 2.10 bits per heavy atom. The summed E-state index contributed by atoms with van der Waals surface area (Å²) in [6.45, 7) is 0. The SMILES string of the molecule is CNC(=O)[C@H](NC(=O)c1cccc(NS(=O)(=O)c2ccccc2)c1)c1ccccc1. The molecule has 2 amide bonds. The maximum Gasteiger partial charge on any atom is 0.261 e. The van der Waals surface area contributed by atoms with Crippen LogP contribution in [0, 0.1) is 0 Å². The monoisotopic (exact) mass is 423 g/mol. The summed E-state index contributed by atoms with van der Waals surface area (Å²) in [5, 5.41) is 5.23. The molecule has 0 saturated heterocycles. The molecule has 3 aromatic carbocycles. The van der Waals surface area contributed by atoms with Crippen LogP contribution >= 0.6 is 0 Å². The van der Waals surface area contributed by atoms with Crippen molar-refractivity contribution >= 4 is 27.5 Å². The maximum absolute atomic E-state index is 12.8. The number of likely N-dealkylation sites (N-methyl/N-ethyl adjacent to an activating group) is 1. The average Bonchev–Trinajstić information content (AvgIpc) is 2.78. The average molecular weight is 423 g/mol. The van der Waals surface area contributed by atoms with Crippen LogP contribution in [-0.2, 0) is 14.8 Å². The van der Waals surface area contributed by atoms with Gasteiger partial charge >= 0.3 is 0 Å². The van der Waals surface area contributed by atoms with Crippen LogP contribution in [0.15, 0.2) is 89.8 Å². The van der Waals surface area contributed by atoms with Gasteiger partial charge in [-0.25, -0.2) is 8.42 Å². The number of nitrogens with one attached hydrogen (secondary N) is 3. The second-order valence-electron chi connectivity index (χ2n) is 6.43. The Morgan fingerprint density at radius 2 is 1.47 bits per heavy atom. The summed E-state index contributed by atoms with van der Waals surface area (Å²) in [4.78, 5) is 25.2. The minimum atomic E-state index is -3.79. The summed E-state index contributed by atoms with van der Waals surface area (Å²) < 4.78 is 27.5. The first-order chi connectivity index (χ1) is 14.4. The molecule has 7 nitrogen and oxygen atoms in total. The van der Waals surface area contributed by atoms with Crippen molar-refractivity contribution in [2.45, 2.75) is 10.9 Å². The van der Waals surface area contributed by atoms with Crippen LogP contribution in [0.2, 0.25) is 0 Å². The first kappa shape index (κ1) is 21.1. The van der Waals surface area contributed by atoms with E-state index in [4.69, 9.17) is 0 Å². The second kappa shape index (κ2) is 9.23. The fourth-order valence-electron chi connectivity index (χ4n) is 2.84. The van der Waals surface area contributed by atoms with Crippen LogP contribution in [0.5, 0.6) is 0 Å². The topological polar surface area (TPSA) is 104 Å². The van der Waals surface area contributed by atoms with E-state index in [9.17, 15) is 18.0 Å². The number of rotatable bonds is 7. The van der Waals surface area contributed by atoms with Crippen LogP contribution in [0.3, 0.4) is 0 Å². The number of carbonyl (C=O) groups excluding carboxylic acids is 2. The van der Waals surface area contributed by atoms with Gasteiger partial charge in [0, 0.05) is 18.3 Å². The highest BCUT2D eigenvalue weighted by Gasteiger charge is 2.22. The minimum Gasteiger partial charge on any atom is -0.357 e. The quantitative estimate of drug-likeness (QED) is 0.543. The lowest BCUT2D eigenvalue weighted by Gasteiger charge is -2.18. The van der Waals surface area contributed by atoms with Crippen LogP contribution in [0.25, 0.3) is 0 Å². The predicted molar refractivity (Wildman–Crippen MR) is 114 cm³/mol. The zero-order valence-corrected chi connectivity index (χ0v) is 17.0. The van der Waals surface area contributed by atoms with Gasteiger partial charge in [-0.2, -0.15) is 0 Å². The highest BCUT2D eigenvalue weighted by Crippen LogP contribution is 2.18. The number of amides is 2. The van der Waals surface area contributed by atoms with E-state index >= 15 is 0 Å². The molecule has 3 N–H and O–H groups in total. The van der Waals surface area contributed by atoms with Gasteiger partial charge < -0.3 is 10.6 Å². The van der Waals surface area contributed by atoms with E-state index in [2.05, 4.69) is 15.4 Å². The standard InChI is InChI=1S/C22H21N3O4S/c1-23-22(27)20(16-9-4-2-5-10-16)24-21(26)17-11-8-12-18(15-17)25-30(28,29)19-13-6-3-7-14-19/h2-15,20,25H,1H3,(H,23,27)(H,24,26)/t20-/m1/s1. The summed E-state index contributed by atoms with van der Waals surface area (Å²) in [7, 11) is -2.30. The molecule has 154 valence electrons. The Bertz CT molecular complexity index is 1130. The van der Waals surface area contributed by atoms with E-state index in [-0.39, 0.29) is 22.1 Å². The molecule has 0 aliphatic rings. The molecule has 0 unspecified atom stereocenters. The van der Waals surface area contributed by atoms with E-state index in [1.54, 1.807) is 60.7 Å². The van der Waals surface area contributed by atoms with E-state index in [0.29, 0.717) is 5.56 Å². The number of anilines is 1. The van der Waals surface area contributed by atoms with Crippen molar-refractivity contribution < 1.29 is 18.0 Å². The molecule has 3 rings (SSSR count). The Labute approximate surface area is 175 Å². The summed E-state index contributed by atoms with van der Waals surface area (Å²) in [5.41, 5.74) is 1.09. The molecule has 0 aliphatic heterocycles. The highest BCUT2D eigenvalue weighted by atomic mass is 32.2. The fourth-order valence-corrected chi connectivity index (χ4v) is 3.91. The number of hydrogen-bond acceptors (Lipinski definition) is 4. The molecule has 0 bridgehead atoms. The second-order valence-corrected chi connectivity index (χ2v) is 8.11. The normalized spacial score (nSPS) is 11.9. The number of sulfonamides is 1. The lowest BCUT2D eigenvalue weighted by Crippen LogP contribution is -2.39. The van der Waals surface area contributed by atoms with Gasteiger partial charge in [-0.1, -0.05) is 54.6 Å². The molecule has 8 heteroatoms. The lowest BCUT2D eigenvalue weighted by molar-refractivity contribution is -0.122. The molecular weight excluding hydrogens is 402 g/mol. The molecular formula is C22H21N3O4S. The van der Waals surface area contributed by atoms with Crippen LogP contribution in [0.1, 0.15) is 22.0 Å². The van der Waals surface area contributed by atoms with Gasteiger partial charge in [0.25, 0.3) is 15.9 Å². The third kappa shape index (κ3) is 5.03. The van der Waals surface area contributed by atoms with E-state index in [0.717, 1.165) is 0 Å². The van der Waals surface area contributed by atoms with Gasteiger partial charge in [0.2, 0.25) is 5.91 Å². The van der Waals surface area contributed by atoms with Crippen molar-refractivity contribution in [3.05, 3.63) is 96.1 Å². The summed E-state index contributed by atoms with van der Waals surface area (Å²) >= 11 is 0. The molecule has 0 saturated carbocycles. The van der Waals surface area contributed by atoms with Crippen molar-refractivity contribution in [1.82, 2.24) is 10.6 Å². The molecule has 30 heavy (non-hydrogen) atoms. The zero-order valence-electron chi connectivity index (χ0n) is 16.2. The van der Waals surface area contributed by atoms with Crippen molar-refractivity contribution in [3.8, 4) is 0 Å². The van der Waals surface area contributed by atoms with Crippen molar-refractivity contribution in [2.24, 2.45) is 0 Å². The summed E-state index contributed by atoms with van der Waals surface area (Å²) in [5.74, 6) is -0.872. The van der Waals surface area contributed by atoms with Crippen LogP contribution < -0.4 is 15.4 Å². The zero-order chi connectivity index (χ0) is 21.6. The minimum absolute atomic E-state index is 0.114. The molecule has 3 aromatic rings.